The molecule has 1 amide bonds. The standard InChI is InChI=1S/C19H26BrN3O2/c1-4-5-15(25-3)9-7-13-10-12-6-8-14(20)11-16(12)19(13)17(24)23(2)18(21)22-19/h6,8,11,13,15H,4-5,7,9-10H2,1-3H3,(H2,21,22). The minimum Gasteiger partial charge on any atom is -0.381 e. The van der Waals surface area contributed by atoms with Gasteiger partial charge in [-0.3, -0.25) is 9.69 Å². The number of guanidine groups is 1. The van der Waals surface area contributed by atoms with Crippen molar-refractivity contribution < 1.29 is 9.53 Å². The maximum atomic E-state index is 13.1. The summed E-state index contributed by atoms with van der Waals surface area (Å²) in [7, 11) is 3.47. The van der Waals surface area contributed by atoms with Crippen molar-refractivity contribution in [3.05, 3.63) is 33.8 Å². The molecule has 0 fully saturated rings. The summed E-state index contributed by atoms with van der Waals surface area (Å²) in [5.74, 6) is 0.401. The Hall–Kier alpha value is -1.40. The van der Waals surface area contributed by atoms with Gasteiger partial charge in [0.15, 0.2) is 11.5 Å². The van der Waals surface area contributed by atoms with E-state index in [4.69, 9.17) is 15.5 Å². The Morgan fingerprint density at radius 3 is 2.84 bits per heavy atom. The molecule has 1 aliphatic heterocycles. The molecule has 0 saturated heterocycles. The molecule has 136 valence electrons. The van der Waals surface area contributed by atoms with E-state index in [2.05, 4.69) is 28.9 Å². The number of ether oxygens (including phenoxy) is 1. The molecular formula is C19H26BrN3O2. The lowest BCUT2D eigenvalue weighted by Crippen LogP contribution is -2.43. The van der Waals surface area contributed by atoms with E-state index in [1.54, 1.807) is 14.2 Å². The van der Waals surface area contributed by atoms with Crippen LogP contribution in [0.5, 0.6) is 0 Å². The summed E-state index contributed by atoms with van der Waals surface area (Å²) in [6.45, 7) is 2.16. The minimum atomic E-state index is -0.873. The molecule has 0 aromatic heterocycles. The smallest absolute Gasteiger partial charge is 0.261 e. The lowest BCUT2D eigenvalue weighted by Gasteiger charge is -2.29. The fourth-order valence-electron chi connectivity index (χ4n) is 4.22. The van der Waals surface area contributed by atoms with Gasteiger partial charge in [-0.1, -0.05) is 35.3 Å². The first-order chi connectivity index (χ1) is 11.9. The molecule has 3 unspecified atom stereocenters. The highest BCUT2D eigenvalue weighted by molar-refractivity contribution is 9.10. The lowest BCUT2D eigenvalue weighted by molar-refractivity contribution is -0.132. The zero-order chi connectivity index (χ0) is 18.2. The van der Waals surface area contributed by atoms with Crippen molar-refractivity contribution in [2.24, 2.45) is 16.6 Å². The first kappa shape index (κ1) is 18.4. The molecule has 6 heteroatoms. The van der Waals surface area contributed by atoms with Crippen molar-refractivity contribution in [3.8, 4) is 0 Å². The van der Waals surface area contributed by atoms with E-state index in [1.807, 2.05) is 12.1 Å². The predicted octanol–water partition coefficient (Wildman–Crippen LogP) is 3.20. The van der Waals surface area contributed by atoms with Crippen LogP contribution in [0, 0.1) is 5.92 Å². The molecule has 1 heterocycles. The highest BCUT2D eigenvalue weighted by atomic mass is 79.9. The molecule has 1 spiro atoms. The lowest BCUT2D eigenvalue weighted by atomic mass is 9.80. The molecule has 0 saturated carbocycles. The van der Waals surface area contributed by atoms with Crippen molar-refractivity contribution in [3.63, 3.8) is 0 Å². The molecule has 3 atom stereocenters. The van der Waals surface area contributed by atoms with Crippen LogP contribution < -0.4 is 5.73 Å². The highest BCUT2D eigenvalue weighted by Crippen LogP contribution is 2.50. The Labute approximate surface area is 157 Å². The zero-order valence-corrected chi connectivity index (χ0v) is 16.7. The second-order valence-electron chi connectivity index (χ2n) is 7.03. The van der Waals surface area contributed by atoms with Gasteiger partial charge in [0.25, 0.3) is 5.91 Å². The van der Waals surface area contributed by atoms with E-state index in [9.17, 15) is 4.79 Å². The Bertz CT molecular complexity index is 706. The van der Waals surface area contributed by atoms with Gasteiger partial charge < -0.3 is 10.5 Å². The van der Waals surface area contributed by atoms with Crippen LogP contribution in [-0.4, -0.2) is 37.0 Å². The second kappa shape index (κ2) is 7.08. The molecule has 5 nitrogen and oxygen atoms in total. The highest BCUT2D eigenvalue weighted by Gasteiger charge is 2.57. The largest absolute Gasteiger partial charge is 0.381 e. The SMILES string of the molecule is CCCC(CCC1Cc2ccc(Br)cc2C12N=C(N)N(C)C2=O)OC. The number of hydrogen-bond acceptors (Lipinski definition) is 4. The van der Waals surface area contributed by atoms with Crippen molar-refractivity contribution in [1.29, 1.82) is 0 Å². The number of amides is 1. The number of likely N-dealkylation sites (N-methyl/N-ethyl adjacent to an activating group) is 1. The number of halogens is 1. The molecule has 1 aliphatic carbocycles. The first-order valence-electron chi connectivity index (χ1n) is 8.89. The number of hydrogen-bond donors (Lipinski definition) is 1. The summed E-state index contributed by atoms with van der Waals surface area (Å²) in [6.07, 6.45) is 5.02. The van der Waals surface area contributed by atoms with Gasteiger partial charge in [0, 0.05) is 24.5 Å². The number of carbonyl (C=O) groups excluding carboxylic acids is 1. The third-order valence-electron chi connectivity index (χ3n) is 5.59. The normalized spacial score (nSPS) is 26.2. The predicted molar refractivity (Wildman–Crippen MR) is 102 cm³/mol. The Kier molecular flexibility index (Phi) is 5.21. The fraction of sp³-hybridized carbons (Fsp3) is 0.579. The second-order valence-corrected chi connectivity index (χ2v) is 7.94. The third kappa shape index (κ3) is 2.99. The van der Waals surface area contributed by atoms with E-state index < -0.39 is 5.54 Å². The summed E-state index contributed by atoms with van der Waals surface area (Å²) >= 11 is 3.53. The van der Waals surface area contributed by atoms with Crippen LogP contribution in [0.4, 0.5) is 0 Å². The van der Waals surface area contributed by atoms with Gasteiger partial charge >= 0.3 is 0 Å². The molecule has 2 N–H and O–H groups in total. The van der Waals surface area contributed by atoms with E-state index in [-0.39, 0.29) is 17.9 Å². The summed E-state index contributed by atoms with van der Waals surface area (Å²) in [5, 5.41) is 0. The first-order valence-corrected chi connectivity index (χ1v) is 9.68. The summed E-state index contributed by atoms with van der Waals surface area (Å²) in [5.41, 5.74) is 7.34. The van der Waals surface area contributed by atoms with E-state index in [0.717, 1.165) is 42.1 Å². The number of rotatable bonds is 6. The van der Waals surface area contributed by atoms with Gasteiger partial charge in [-0.2, -0.15) is 0 Å². The van der Waals surface area contributed by atoms with Crippen LogP contribution in [0.2, 0.25) is 0 Å². The molecular weight excluding hydrogens is 382 g/mol. The van der Waals surface area contributed by atoms with Crippen LogP contribution >= 0.6 is 15.9 Å². The number of benzene rings is 1. The average molecular weight is 408 g/mol. The zero-order valence-electron chi connectivity index (χ0n) is 15.1. The summed E-state index contributed by atoms with van der Waals surface area (Å²) in [6, 6.07) is 6.15. The molecule has 0 bridgehead atoms. The van der Waals surface area contributed by atoms with Crippen molar-refractivity contribution in [1.82, 2.24) is 4.90 Å². The summed E-state index contributed by atoms with van der Waals surface area (Å²) < 4.78 is 6.56. The molecule has 1 aromatic carbocycles. The number of nitrogens with zero attached hydrogens (tertiary/aromatic N) is 2. The van der Waals surface area contributed by atoms with E-state index in [1.165, 1.54) is 10.5 Å². The Balaban J connectivity index is 1.95. The molecule has 1 aromatic rings. The van der Waals surface area contributed by atoms with Crippen molar-refractivity contribution >= 4 is 27.8 Å². The number of nitrogens with two attached hydrogens (primary N) is 1. The van der Waals surface area contributed by atoms with Crippen LogP contribution in [0.3, 0.4) is 0 Å². The monoisotopic (exact) mass is 407 g/mol. The van der Waals surface area contributed by atoms with E-state index >= 15 is 0 Å². The van der Waals surface area contributed by atoms with Crippen LogP contribution in [0.1, 0.15) is 43.7 Å². The fourth-order valence-corrected chi connectivity index (χ4v) is 4.58. The van der Waals surface area contributed by atoms with Gasteiger partial charge in [-0.15, -0.1) is 0 Å². The van der Waals surface area contributed by atoms with Crippen molar-refractivity contribution in [2.75, 3.05) is 14.2 Å². The number of carbonyl (C=O) groups is 1. The minimum absolute atomic E-state index is 0.0173. The van der Waals surface area contributed by atoms with Gasteiger partial charge in [-0.05, 0) is 48.9 Å². The Morgan fingerprint density at radius 2 is 2.24 bits per heavy atom. The third-order valence-corrected chi connectivity index (χ3v) is 6.08. The average Bonchev–Trinajstić information content (AvgIpc) is 3.02. The molecule has 2 aliphatic rings. The van der Waals surface area contributed by atoms with Gasteiger partial charge in [0.1, 0.15) is 0 Å². The van der Waals surface area contributed by atoms with E-state index in [0.29, 0.717) is 5.96 Å². The van der Waals surface area contributed by atoms with Gasteiger partial charge in [0.2, 0.25) is 0 Å². The number of fused-ring (bicyclic) bond motifs is 2. The van der Waals surface area contributed by atoms with Crippen molar-refractivity contribution in [2.45, 2.75) is 50.7 Å². The number of methoxy groups -OCH3 is 1. The quantitative estimate of drug-likeness (QED) is 0.786. The van der Waals surface area contributed by atoms with Gasteiger partial charge in [0.05, 0.1) is 6.10 Å². The Morgan fingerprint density at radius 1 is 1.48 bits per heavy atom. The topological polar surface area (TPSA) is 67.9 Å². The maximum Gasteiger partial charge on any atom is 0.261 e. The maximum absolute atomic E-state index is 13.1. The van der Waals surface area contributed by atoms with Gasteiger partial charge in [-0.25, -0.2) is 4.99 Å². The van der Waals surface area contributed by atoms with Crippen LogP contribution in [0.15, 0.2) is 27.7 Å². The van der Waals surface area contributed by atoms with Crippen LogP contribution in [0.25, 0.3) is 0 Å². The molecule has 0 radical (unpaired) electrons. The molecule has 25 heavy (non-hydrogen) atoms. The van der Waals surface area contributed by atoms with Crippen LogP contribution in [-0.2, 0) is 21.5 Å². The number of aliphatic imine (C=N–C) groups is 1. The molecule has 3 rings (SSSR count). The summed E-state index contributed by atoms with van der Waals surface area (Å²) in [4.78, 5) is 19.3.